The van der Waals surface area contributed by atoms with Crippen LogP contribution in [0.4, 0.5) is 0 Å². The number of carbonyl (C=O) groups excluding carboxylic acids is 1. The third-order valence-electron chi connectivity index (χ3n) is 6.71. The fourth-order valence-electron chi connectivity index (χ4n) is 3.99. The molecule has 0 bridgehead atoms. The van der Waals surface area contributed by atoms with E-state index in [9.17, 15) is 4.79 Å². The summed E-state index contributed by atoms with van der Waals surface area (Å²) in [6.45, 7) is 14.1. The van der Waals surface area contributed by atoms with Gasteiger partial charge in [-0.2, -0.15) is 0 Å². The first kappa shape index (κ1) is 21.5. The summed E-state index contributed by atoms with van der Waals surface area (Å²) in [6, 6.07) is 6.16. The van der Waals surface area contributed by atoms with Crippen LogP contribution < -0.4 is 5.73 Å². The van der Waals surface area contributed by atoms with Gasteiger partial charge in [-0.05, 0) is 59.6 Å². The standard InChI is InChI=1S/C21H32BrN3O2Si/c1-19(2,3)28(6,7)27-13-20(4)11-14-8-9-15(22)10-16(14)21(12-20)17(26)25(5)18(23)24-21/h8-10H,11-13H2,1-7H3,(H2,23,24)/t20-,21-/m1/s1. The average molecular weight is 466 g/mol. The molecule has 0 aromatic heterocycles. The number of likely N-dealkylation sites (N-methyl/N-ethyl adjacent to an activating group) is 1. The van der Waals surface area contributed by atoms with Crippen molar-refractivity contribution < 1.29 is 9.22 Å². The number of hydrogen-bond donors (Lipinski definition) is 1. The van der Waals surface area contributed by atoms with Crippen LogP contribution in [0.1, 0.15) is 45.2 Å². The zero-order valence-electron chi connectivity index (χ0n) is 18.0. The first-order valence-corrected chi connectivity index (χ1v) is 13.5. The molecule has 1 aromatic carbocycles. The van der Waals surface area contributed by atoms with Crippen molar-refractivity contribution in [3.8, 4) is 0 Å². The number of nitrogens with zero attached hydrogens (tertiary/aromatic N) is 2. The Balaban J connectivity index is 2.02. The maximum Gasteiger partial charge on any atom is 0.261 e. The van der Waals surface area contributed by atoms with E-state index >= 15 is 0 Å². The average Bonchev–Trinajstić information content (AvgIpc) is 2.78. The molecule has 1 amide bonds. The number of carbonyl (C=O) groups is 1. The van der Waals surface area contributed by atoms with E-state index in [4.69, 9.17) is 15.2 Å². The molecule has 28 heavy (non-hydrogen) atoms. The monoisotopic (exact) mass is 465 g/mol. The van der Waals surface area contributed by atoms with Crippen molar-refractivity contribution in [3.05, 3.63) is 33.8 Å². The molecular formula is C21H32BrN3O2Si. The van der Waals surface area contributed by atoms with Gasteiger partial charge in [0.15, 0.2) is 19.8 Å². The zero-order valence-corrected chi connectivity index (χ0v) is 20.6. The summed E-state index contributed by atoms with van der Waals surface area (Å²) in [5.41, 5.74) is 7.04. The Morgan fingerprint density at radius 2 is 2.00 bits per heavy atom. The van der Waals surface area contributed by atoms with Crippen LogP contribution in [0.25, 0.3) is 0 Å². The number of hydrogen-bond acceptors (Lipinski definition) is 4. The molecule has 0 saturated heterocycles. The van der Waals surface area contributed by atoms with E-state index in [0.29, 0.717) is 13.0 Å². The van der Waals surface area contributed by atoms with Gasteiger partial charge in [-0.25, -0.2) is 4.99 Å². The van der Waals surface area contributed by atoms with Crippen LogP contribution in [0, 0.1) is 5.41 Å². The third-order valence-corrected chi connectivity index (χ3v) is 11.7. The van der Waals surface area contributed by atoms with Crippen molar-refractivity contribution in [1.82, 2.24) is 4.90 Å². The van der Waals surface area contributed by atoms with Gasteiger partial charge >= 0.3 is 0 Å². The molecule has 3 rings (SSSR count). The summed E-state index contributed by atoms with van der Waals surface area (Å²) in [7, 11) is -0.195. The van der Waals surface area contributed by atoms with Gasteiger partial charge < -0.3 is 10.2 Å². The van der Waals surface area contributed by atoms with Crippen molar-refractivity contribution in [2.75, 3.05) is 13.7 Å². The second-order valence-electron chi connectivity index (χ2n) is 10.2. The molecule has 0 saturated carbocycles. The molecule has 1 aliphatic heterocycles. The fourth-order valence-corrected chi connectivity index (χ4v) is 5.49. The van der Waals surface area contributed by atoms with Crippen LogP contribution in [0.3, 0.4) is 0 Å². The highest BCUT2D eigenvalue weighted by molar-refractivity contribution is 9.10. The van der Waals surface area contributed by atoms with Gasteiger partial charge in [-0.3, -0.25) is 9.69 Å². The van der Waals surface area contributed by atoms with Crippen LogP contribution >= 0.6 is 15.9 Å². The van der Waals surface area contributed by atoms with Gasteiger partial charge in [-0.1, -0.05) is 49.7 Å². The van der Waals surface area contributed by atoms with E-state index in [1.165, 1.54) is 4.90 Å². The first-order valence-electron chi connectivity index (χ1n) is 9.77. The number of halogens is 1. The van der Waals surface area contributed by atoms with Gasteiger partial charge in [-0.15, -0.1) is 0 Å². The lowest BCUT2D eigenvalue weighted by molar-refractivity contribution is -0.132. The number of guanidine groups is 1. The molecule has 5 nitrogen and oxygen atoms in total. The summed E-state index contributed by atoms with van der Waals surface area (Å²) < 4.78 is 7.54. The van der Waals surface area contributed by atoms with E-state index in [1.807, 2.05) is 12.1 Å². The van der Waals surface area contributed by atoms with E-state index in [0.717, 1.165) is 22.0 Å². The highest BCUT2D eigenvalue weighted by Gasteiger charge is 2.55. The molecule has 2 N–H and O–H groups in total. The summed E-state index contributed by atoms with van der Waals surface area (Å²) in [5, 5.41) is 0.143. The number of rotatable bonds is 3. The lowest BCUT2D eigenvalue weighted by atomic mass is 9.64. The van der Waals surface area contributed by atoms with E-state index in [-0.39, 0.29) is 22.3 Å². The molecule has 2 aliphatic rings. The van der Waals surface area contributed by atoms with E-state index < -0.39 is 13.9 Å². The highest BCUT2D eigenvalue weighted by atomic mass is 79.9. The predicted molar refractivity (Wildman–Crippen MR) is 120 cm³/mol. The molecule has 154 valence electrons. The maximum atomic E-state index is 13.3. The van der Waals surface area contributed by atoms with Crippen molar-refractivity contribution in [1.29, 1.82) is 0 Å². The Bertz CT molecular complexity index is 849. The minimum absolute atomic E-state index is 0.0531. The molecular weight excluding hydrogens is 434 g/mol. The largest absolute Gasteiger partial charge is 0.416 e. The molecule has 0 unspecified atom stereocenters. The normalized spacial score (nSPS) is 27.9. The smallest absolute Gasteiger partial charge is 0.261 e. The van der Waals surface area contributed by atoms with Crippen LogP contribution in [0.2, 0.25) is 18.1 Å². The SMILES string of the molecule is CN1C(=O)[C@]2(C[C@](C)(CO[Si](C)(C)C(C)(C)C)Cc3ccc(Br)cc32)N=C1N. The number of fused-ring (bicyclic) bond motifs is 2. The molecule has 2 atom stereocenters. The van der Waals surface area contributed by atoms with Crippen molar-refractivity contribution >= 4 is 36.1 Å². The molecule has 1 aromatic rings. The van der Waals surface area contributed by atoms with Gasteiger partial charge in [0.2, 0.25) is 0 Å². The topological polar surface area (TPSA) is 67.9 Å². The number of benzene rings is 1. The second-order valence-corrected chi connectivity index (χ2v) is 15.9. The summed E-state index contributed by atoms with van der Waals surface area (Å²) in [6.07, 6.45) is 1.46. The Labute approximate surface area is 178 Å². The Morgan fingerprint density at radius 3 is 2.54 bits per heavy atom. The lowest BCUT2D eigenvalue weighted by Crippen LogP contribution is -2.50. The Hall–Kier alpha value is -1.18. The highest BCUT2D eigenvalue weighted by Crippen LogP contribution is 2.51. The minimum atomic E-state index is -1.89. The summed E-state index contributed by atoms with van der Waals surface area (Å²) >= 11 is 3.55. The molecule has 1 heterocycles. The molecule has 7 heteroatoms. The number of aliphatic imine (C=N–C) groups is 1. The first-order chi connectivity index (χ1) is 12.7. The van der Waals surface area contributed by atoms with Crippen molar-refractivity contribution in [2.45, 2.75) is 64.2 Å². The van der Waals surface area contributed by atoms with Crippen LogP contribution in [-0.2, 0) is 21.2 Å². The third kappa shape index (κ3) is 3.46. The summed E-state index contributed by atoms with van der Waals surface area (Å²) in [4.78, 5) is 19.5. The van der Waals surface area contributed by atoms with Gasteiger partial charge in [0.1, 0.15) is 0 Å². The minimum Gasteiger partial charge on any atom is -0.416 e. The van der Waals surface area contributed by atoms with Crippen molar-refractivity contribution in [2.24, 2.45) is 16.1 Å². The predicted octanol–water partition coefficient (Wildman–Crippen LogP) is 4.41. The fraction of sp³-hybridized carbons (Fsp3) is 0.619. The number of nitrogens with two attached hydrogens (primary N) is 1. The van der Waals surface area contributed by atoms with Crippen molar-refractivity contribution in [3.63, 3.8) is 0 Å². The van der Waals surface area contributed by atoms with Crippen LogP contribution in [0.15, 0.2) is 27.7 Å². The number of amides is 1. The Kier molecular flexibility index (Phi) is 5.13. The second kappa shape index (κ2) is 6.67. The maximum absolute atomic E-state index is 13.3. The van der Waals surface area contributed by atoms with Gasteiger partial charge in [0, 0.05) is 18.1 Å². The van der Waals surface area contributed by atoms with Crippen LogP contribution in [0.5, 0.6) is 0 Å². The Morgan fingerprint density at radius 1 is 1.36 bits per heavy atom. The van der Waals surface area contributed by atoms with Gasteiger partial charge in [0.05, 0.1) is 0 Å². The van der Waals surface area contributed by atoms with E-state index in [1.54, 1.807) is 7.05 Å². The molecule has 0 radical (unpaired) electrons. The summed E-state index contributed by atoms with van der Waals surface area (Å²) in [5.74, 6) is 0.230. The molecule has 1 spiro atoms. The molecule has 0 fully saturated rings. The van der Waals surface area contributed by atoms with Gasteiger partial charge in [0.25, 0.3) is 5.91 Å². The molecule has 1 aliphatic carbocycles. The van der Waals surface area contributed by atoms with Crippen LogP contribution in [-0.4, -0.2) is 38.7 Å². The zero-order chi connectivity index (χ0) is 21.1. The van der Waals surface area contributed by atoms with E-state index in [2.05, 4.69) is 62.8 Å². The quantitative estimate of drug-likeness (QED) is 0.672. The lowest BCUT2D eigenvalue weighted by Gasteiger charge is -2.45.